The first-order valence-electron chi connectivity index (χ1n) is 11.7. The molecule has 222 valence electrons. The maximum Gasteiger partial charge on any atom is 0.573 e. The summed E-state index contributed by atoms with van der Waals surface area (Å²) in [4.78, 5) is 24.8. The zero-order valence-electron chi connectivity index (χ0n) is 20.9. The van der Waals surface area contributed by atoms with Crippen molar-refractivity contribution in [3.8, 4) is 17.2 Å². The van der Waals surface area contributed by atoms with Crippen molar-refractivity contribution in [1.82, 2.24) is 25.6 Å². The summed E-state index contributed by atoms with van der Waals surface area (Å²) < 4.78 is 102. The van der Waals surface area contributed by atoms with E-state index in [1.807, 2.05) is 0 Å². The predicted octanol–water partition coefficient (Wildman–Crippen LogP) is 3.75. The highest BCUT2D eigenvalue weighted by molar-refractivity contribution is 5.95. The summed E-state index contributed by atoms with van der Waals surface area (Å²) in [7, 11) is 0. The topological polar surface area (TPSA) is 117 Å². The molecule has 0 aliphatic heterocycles. The molecule has 3 rings (SSSR count). The van der Waals surface area contributed by atoms with Gasteiger partial charge in [0.25, 0.3) is 11.8 Å². The lowest BCUT2D eigenvalue weighted by molar-refractivity contribution is -0.274. The quantitative estimate of drug-likeness (QED) is 0.229. The van der Waals surface area contributed by atoms with Crippen LogP contribution < -0.4 is 20.1 Å². The Labute approximate surface area is 227 Å². The van der Waals surface area contributed by atoms with Crippen LogP contribution in [0.2, 0.25) is 0 Å². The molecule has 0 aliphatic rings. The lowest BCUT2D eigenvalue weighted by Crippen LogP contribution is -2.33. The molecule has 10 nitrogen and oxygen atoms in total. The van der Waals surface area contributed by atoms with Gasteiger partial charge >= 0.3 is 12.5 Å². The molecule has 2 amide bonds. The van der Waals surface area contributed by atoms with Gasteiger partial charge in [-0.25, -0.2) is 9.07 Å². The number of halogens is 7. The first-order valence-corrected chi connectivity index (χ1v) is 11.7. The number of ether oxygens (including phenoxy) is 3. The average molecular weight is 593 g/mol. The van der Waals surface area contributed by atoms with E-state index in [1.165, 1.54) is 30.5 Å². The van der Waals surface area contributed by atoms with E-state index in [2.05, 4.69) is 20.4 Å². The first-order chi connectivity index (χ1) is 19.3. The maximum atomic E-state index is 12.6. The van der Waals surface area contributed by atoms with Gasteiger partial charge in [0.15, 0.2) is 5.69 Å². The lowest BCUT2D eigenvalue weighted by atomic mass is 10.1. The Hall–Kier alpha value is -4.41. The zero-order chi connectivity index (χ0) is 30.0. The second kappa shape index (κ2) is 13.8. The van der Waals surface area contributed by atoms with E-state index in [0.717, 1.165) is 22.9 Å². The van der Waals surface area contributed by atoms with Crippen LogP contribution >= 0.6 is 0 Å². The number of carbonyl (C=O) groups is 2. The van der Waals surface area contributed by atoms with Gasteiger partial charge in [0.2, 0.25) is 0 Å². The fourth-order valence-corrected chi connectivity index (χ4v) is 3.22. The molecule has 0 atom stereocenters. The lowest BCUT2D eigenvalue weighted by Gasteiger charge is -2.14. The van der Waals surface area contributed by atoms with Gasteiger partial charge in [-0.15, -0.1) is 18.3 Å². The van der Waals surface area contributed by atoms with Gasteiger partial charge in [0, 0.05) is 12.1 Å². The van der Waals surface area contributed by atoms with Crippen molar-refractivity contribution in [2.45, 2.75) is 19.1 Å². The predicted molar refractivity (Wildman–Crippen MR) is 126 cm³/mol. The van der Waals surface area contributed by atoms with Crippen molar-refractivity contribution in [2.24, 2.45) is 0 Å². The molecular formula is C24H22F7N5O5. The molecular weight excluding hydrogens is 571 g/mol. The Morgan fingerprint density at radius 1 is 0.927 bits per heavy atom. The molecule has 0 radical (unpaired) electrons. The number of hydrogen-bond donors (Lipinski definition) is 2. The van der Waals surface area contributed by atoms with E-state index < -0.39 is 43.3 Å². The fourth-order valence-electron chi connectivity index (χ4n) is 3.22. The van der Waals surface area contributed by atoms with Crippen LogP contribution in [0.25, 0.3) is 5.69 Å². The molecule has 1 heterocycles. The van der Waals surface area contributed by atoms with Gasteiger partial charge < -0.3 is 24.8 Å². The Bertz CT molecular complexity index is 1330. The Morgan fingerprint density at radius 3 is 2.41 bits per heavy atom. The molecule has 2 N–H and O–H groups in total. The van der Waals surface area contributed by atoms with Gasteiger partial charge in [-0.2, -0.15) is 13.2 Å². The summed E-state index contributed by atoms with van der Waals surface area (Å²) in [6.45, 7) is -2.81. The molecule has 0 aliphatic carbocycles. The molecule has 41 heavy (non-hydrogen) atoms. The number of alkyl halides is 7. The van der Waals surface area contributed by atoms with Crippen LogP contribution in [0.15, 0.2) is 48.7 Å². The normalized spacial score (nSPS) is 11.7. The van der Waals surface area contributed by atoms with Crippen LogP contribution in [-0.4, -0.2) is 72.4 Å². The largest absolute Gasteiger partial charge is 0.573 e. The minimum absolute atomic E-state index is 0.0353. The van der Waals surface area contributed by atoms with Crippen molar-refractivity contribution >= 4 is 11.8 Å². The number of amides is 2. The number of benzene rings is 2. The van der Waals surface area contributed by atoms with Crippen molar-refractivity contribution in [2.75, 3.05) is 33.0 Å². The molecule has 0 unspecified atom stereocenters. The van der Waals surface area contributed by atoms with Gasteiger partial charge in [0.05, 0.1) is 19.4 Å². The molecule has 0 saturated carbocycles. The number of aromatic nitrogens is 3. The third-order valence-corrected chi connectivity index (χ3v) is 4.94. The minimum Gasteiger partial charge on any atom is -0.489 e. The SMILES string of the molecule is O=C(NCC(F)(F)F)c1ccc(-n2cc(C(=O)NCc3cccc(OC(F)(F)F)c3)nn2)c(OCCOCCF)c1. The molecule has 0 spiro atoms. The first kappa shape index (κ1) is 31.1. The second-order valence-corrected chi connectivity index (χ2v) is 8.06. The Balaban J connectivity index is 1.73. The van der Waals surface area contributed by atoms with E-state index in [-0.39, 0.29) is 49.1 Å². The van der Waals surface area contributed by atoms with Crippen molar-refractivity contribution in [1.29, 1.82) is 0 Å². The Kier molecular flexibility index (Phi) is 10.5. The van der Waals surface area contributed by atoms with E-state index >= 15 is 0 Å². The van der Waals surface area contributed by atoms with Crippen molar-refractivity contribution < 1.29 is 54.5 Å². The number of carbonyl (C=O) groups excluding carboxylic acids is 2. The summed E-state index contributed by atoms with van der Waals surface area (Å²) in [6.07, 6.45) is -8.32. The van der Waals surface area contributed by atoms with Crippen LogP contribution in [0.3, 0.4) is 0 Å². The minimum atomic E-state index is -4.88. The Morgan fingerprint density at radius 2 is 1.71 bits per heavy atom. The van der Waals surface area contributed by atoms with Crippen molar-refractivity contribution in [3.63, 3.8) is 0 Å². The third kappa shape index (κ3) is 10.3. The van der Waals surface area contributed by atoms with E-state index in [0.29, 0.717) is 5.56 Å². The number of rotatable bonds is 13. The van der Waals surface area contributed by atoms with E-state index in [9.17, 15) is 40.3 Å². The summed E-state index contributed by atoms with van der Waals surface area (Å²) in [5.74, 6) is -2.26. The van der Waals surface area contributed by atoms with Gasteiger partial charge in [0.1, 0.15) is 37.0 Å². The summed E-state index contributed by atoms with van der Waals surface area (Å²) in [6, 6.07) is 8.62. The second-order valence-electron chi connectivity index (χ2n) is 8.06. The number of nitrogens with one attached hydrogen (secondary N) is 2. The molecule has 2 aromatic carbocycles. The van der Waals surface area contributed by atoms with Gasteiger partial charge in [-0.05, 0) is 35.9 Å². The average Bonchev–Trinajstić information content (AvgIpc) is 3.39. The van der Waals surface area contributed by atoms with Crippen LogP contribution in [0.1, 0.15) is 26.4 Å². The standard InChI is InChI=1S/C24H22F7N5O5/c25-6-7-39-8-9-40-20-11-16(21(37)33-14-23(26,27)28)4-5-19(20)36-13-18(34-35-36)22(38)32-12-15-2-1-3-17(10-15)41-24(29,30)31/h1-5,10-11,13H,6-9,12,14H2,(H,32,38)(H,33,37). The number of nitrogens with zero attached hydrogens (tertiary/aromatic N) is 3. The highest BCUT2D eigenvalue weighted by Crippen LogP contribution is 2.25. The highest BCUT2D eigenvalue weighted by Gasteiger charge is 2.31. The maximum absolute atomic E-state index is 12.6. The molecule has 17 heteroatoms. The summed E-state index contributed by atoms with van der Waals surface area (Å²) in [5.41, 5.74) is 0.0772. The third-order valence-electron chi connectivity index (χ3n) is 4.94. The van der Waals surface area contributed by atoms with Gasteiger partial charge in [-0.1, -0.05) is 17.3 Å². The smallest absolute Gasteiger partial charge is 0.489 e. The van der Waals surface area contributed by atoms with E-state index in [1.54, 1.807) is 5.32 Å². The molecule has 0 bridgehead atoms. The molecule has 3 aromatic rings. The summed E-state index contributed by atoms with van der Waals surface area (Å²) >= 11 is 0. The van der Waals surface area contributed by atoms with Gasteiger partial charge in [-0.3, -0.25) is 9.59 Å². The molecule has 0 saturated heterocycles. The zero-order valence-corrected chi connectivity index (χ0v) is 20.9. The monoisotopic (exact) mass is 593 g/mol. The number of hydrogen-bond acceptors (Lipinski definition) is 7. The summed E-state index contributed by atoms with van der Waals surface area (Å²) in [5, 5.41) is 11.8. The fraction of sp³-hybridized carbons (Fsp3) is 0.333. The molecule has 1 aromatic heterocycles. The van der Waals surface area contributed by atoms with Crippen LogP contribution in [-0.2, 0) is 11.3 Å². The van der Waals surface area contributed by atoms with E-state index in [4.69, 9.17) is 9.47 Å². The highest BCUT2D eigenvalue weighted by atomic mass is 19.4. The van der Waals surface area contributed by atoms with Crippen LogP contribution in [0, 0.1) is 0 Å². The van der Waals surface area contributed by atoms with Crippen LogP contribution in [0.5, 0.6) is 11.5 Å². The van der Waals surface area contributed by atoms with Crippen molar-refractivity contribution in [3.05, 3.63) is 65.5 Å². The molecule has 0 fully saturated rings. The van der Waals surface area contributed by atoms with Crippen LogP contribution in [0.4, 0.5) is 30.7 Å².